The number of nitrogens with zero attached hydrogens (tertiary/aromatic N) is 1. The van der Waals surface area contributed by atoms with Crippen LogP contribution >= 0.6 is 0 Å². The molecule has 0 saturated carbocycles. The number of sulfonamides is 1. The number of amides is 1. The van der Waals surface area contributed by atoms with E-state index in [1.807, 2.05) is 24.3 Å². The largest absolute Gasteiger partial charge is 0.379 e. The van der Waals surface area contributed by atoms with Crippen molar-refractivity contribution in [3.63, 3.8) is 0 Å². The molecule has 0 atom stereocenters. The summed E-state index contributed by atoms with van der Waals surface area (Å²) in [5, 5.41) is 5.96. The number of aryl methyl sites for hydroxylation is 1. The van der Waals surface area contributed by atoms with Gasteiger partial charge in [0, 0.05) is 24.5 Å². The molecule has 7 nitrogen and oxygen atoms in total. The summed E-state index contributed by atoms with van der Waals surface area (Å²) in [6.45, 7) is 7.48. The Bertz CT molecular complexity index is 999. The molecule has 2 aromatic carbocycles. The molecule has 0 radical (unpaired) electrons. The molecule has 3 rings (SSSR count). The fourth-order valence-corrected chi connectivity index (χ4v) is 5.08. The molecule has 1 saturated heterocycles. The van der Waals surface area contributed by atoms with E-state index in [9.17, 15) is 13.2 Å². The van der Waals surface area contributed by atoms with Crippen LogP contribution in [0, 0.1) is 6.92 Å². The van der Waals surface area contributed by atoms with Gasteiger partial charge in [-0.3, -0.25) is 4.79 Å². The maximum atomic E-state index is 13.0. The lowest BCUT2D eigenvalue weighted by Crippen LogP contribution is -2.40. The molecular formula is C22H29N3O4S. The Morgan fingerprint density at radius 3 is 2.53 bits per heavy atom. The number of anilines is 2. The third-order valence-electron chi connectivity index (χ3n) is 5.08. The second kappa shape index (κ2) is 9.59. The van der Waals surface area contributed by atoms with E-state index in [2.05, 4.69) is 24.5 Å². The number of morpholine rings is 1. The molecule has 0 unspecified atom stereocenters. The van der Waals surface area contributed by atoms with Crippen molar-refractivity contribution in [3.05, 3.63) is 53.6 Å². The van der Waals surface area contributed by atoms with Crippen molar-refractivity contribution in [2.24, 2.45) is 0 Å². The molecule has 2 N–H and O–H groups in total. The molecule has 30 heavy (non-hydrogen) atoms. The van der Waals surface area contributed by atoms with Gasteiger partial charge in [0.2, 0.25) is 15.9 Å². The highest BCUT2D eigenvalue weighted by Gasteiger charge is 2.28. The first-order chi connectivity index (χ1) is 14.3. The second-order valence-corrected chi connectivity index (χ2v) is 9.55. The number of nitrogens with one attached hydrogen (secondary N) is 2. The normalized spacial score (nSPS) is 15.2. The van der Waals surface area contributed by atoms with Crippen molar-refractivity contribution in [1.29, 1.82) is 0 Å². The Morgan fingerprint density at radius 1 is 1.13 bits per heavy atom. The Kier molecular flexibility index (Phi) is 7.12. The van der Waals surface area contributed by atoms with Crippen molar-refractivity contribution in [1.82, 2.24) is 4.31 Å². The fourth-order valence-electron chi connectivity index (χ4n) is 3.42. The molecule has 1 aliphatic rings. The zero-order chi connectivity index (χ0) is 21.7. The van der Waals surface area contributed by atoms with Gasteiger partial charge in [0.15, 0.2) is 0 Å². The Hall–Kier alpha value is -2.42. The van der Waals surface area contributed by atoms with Crippen LogP contribution in [-0.4, -0.2) is 51.5 Å². The van der Waals surface area contributed by atoms with Crippen molar-refractivity contribution < 1.29 is 17.9 Å². The summed E-state index contributed by atoms with van der Waals surface area (Å²) in [6, 6.07) is 12.8. The summed E-state index contributed by atoms with van der Waals surface area (Å²) < 4.78 is 32.7. The molecule has 2 aromatic rings. The second-order valence-electron chi connectivity index (χ2n) is 7.64. The average molecular weight is 432 g/mol. The van der Waals surface area contributed by atoms with Crippen LogP contribution < -0.4 is 10.6 Å². The molecule has 0 spiro atoms. The number of hydrogen-bond acceptors (Lipinski definition) is 5. The monoisotopic (exact) mass is 431 g/mol. The first kappa shape index (κ1) is 22.3. The molecule has 162 valence electrons. The zero-order valence-corrected chi connectivity index (χ0v) is 18.5. The van der Waals surface area contributed by atoms with Gasteiger partial charge < -0.3 is 15.4 Å². The van der Waals surface area contributed by atoms with E-state index in [4.69, 9.17) is 4.74 Å². The number of carbonyl (C=O) groups is 1. The first-order valence-electron chi connectivity index (χ1n) is 10.1. The van der Waals surface area contributed by atoms with Crippen molar-refractivity contribution in [3.8, 4) is 0 Å². The summed E-state index contributed by atoms with van der Waals surface area (Å²) in [6.07, 6.45) is 0. The molecule has 0 aromatic heterocycles. The summed E-state index contributed by atoms with van der Waals surface area (Å²) in [5.41, 5.74) is 3.15. The van der Waals surface area contributed by atoms with Crippen LogP contribution in [0.2, 0.25) is 0 Å². The lowest BCUT2D eigenvalue weighted by molar-refractivity contribution is -0.114. The minimum absolute atomic E-state index is 0.0865. The van der Waals surface area contributed by atoms with Crippen molar-refractivity contribution >= 4 is 27.3 Å². The number of ether oxygens (including phenoxy) is 1. The molecule has 1 fully saturated rings. The lowest BCUT2D eigenvalue weighted by Gasteiger charge is -2.26. The minimum Gasteiger partial charge on any atom is -0.379 e. The van der Waals surface area contributed by atoms with E-state index in [1.165, 1.54) is 10.4 Å². The van der Waals surface area contributed by atoms with Gasteiger partial charge in [0.05, 0.1) is 24.7 Å². The van der Waals surface area contributed by atoms with Gasteiger partial charge in [-0.2, -0.15) is 4.31 Å². The van der Waals surface area contributed by atoms with Crippen molar-refractivity contribution in [2.75, 3.05) is 43.5 Å². The third kappa shape index (κ3) is 5.19. The van der Waals surface area contributed by atoms with Crippen LogP contribution in [0.15, 0.2) is 47.4 Å². The topological polar surface area (TPSA) is 87.7 Å². The van der Waals surface area contributed by atoms with Crippen LogP contribution in [0.3, 0.4) is 0 Å². The van der Waals surface area contributed by atoms with Gasteiger partial charge in [-0.15, -0.1) is 0 Å². The minimum atomic E-state index is -3.64. The Morgan fingerprint density at radius 2 is 1.83 bits per heavy atom. The third-order valence-corrected chi connectivity index (χ3v) is 7.12. The average Bonchev–Trinajstić information content (AvgIpc) is 2.74. The van der Waals surface area contributed by atoms with Crippen LogP contribution in [0.1, 0.15) is 30.9 Å². The molecule has 1 aliphatic heterocycles. The van der Waals surface area contributed by atoms with E-state index in [0.29, 0.717) is 43.5 Å². The number of para-hydroxylation sites is 1. The van der Waals surface area contributed by atoms with Crippen LogP contribution in [0.25, 0.3) is 0 Å². The fraction of sp³-hybridized carbons (Fsp3) is 0.409. The number of carbonyl (C=O) groups excluding carboxylic acids is 1. The van der Waals surface area contributed by atoms with Gasteiger partial charge in [-0.1, -0.05) is 38.1 Å². The van der Waals surface area contributed by atoms with Gasteiger partial charge in [-0.05, 0) is 42.2 Å². The van der Waals surface area contributed by atoms with E-state index in [0.717, 1.165) is 11.3 Å². The number of hydrogen-bond donors (Lipinski definition) is 2. The van der Waals surface area contributed by atoms with Crippen LogP contribution in [0.5, 0.6) is 0 Å². The zero-order valence-electron chi connectivity index (χ0n) is 17.6. The Balaban J connectivity index is 1.70. The summed E-state index contributed by atoms with van der Waals surface area (Å²) in [7, 11) is -3.64. The molecule has 8 heteroatoms. The summed E-state index contributed by atoms with van der Waals surface area (Å²) in [4.78, 5) is 12.7. The van der Waals surface area contributed by atoms with Gasteiger partial charge in [-0.25, -0.2) is 8.42 Å². The van der Waals surface area contributed by atoms with E-state index in [1.54, 1.807) is 19.1 Å². The number of rotatable bonds is 7. The summed E-state index contributed by atoms with van der Waals surface area (Å²) >= 11 is 0. The predicted octanol–water partition coefficient (Wildman–Crippen LogP) is 3.19. The standard InChI is InChI=1S/C22H29N3O4S/c1-16(2)19-6-4-5-7-20(19)23-15-22(26)24-18-9-8-17(3)21(14-18)30(27,28)25-10-12-29-13-11-25/h4-9,14,16,23H,10-13,15H2,1-3H3,(H,24,26). The van der Waals surface area contributed by atoms with E-state index < -0.39 is 10.0 Å². The highest BCUT2D eigenvalue weighted by atomic mass is 32.2. The molecule has 0 aliphatic carbocycles. The predicted molar refractivity (Wildman–Crippen MR) is 118 cm³/mol. The van der Waals surface area contributed by atoms with Gasteiger partial charge >= 0.3 is 0 Å². The molecule has 1 amide bonds. The van der Waals surface area contributed by atoms with Crippen LogP contribution in [0.4, 0.5) is 11.4 Å². The van der Waals surface area contributed by atoms with Crippen LogP contribution in [-0.2, 0) is 19.6 Å². The van der Waals surface area contributed by atoms with E-state index in [-0.39, 0.29) is 17.3 Å². The SMILES string of the molecule is Cc1ccc(NC(=O)CNc2ccccc2C(C)C)cc1S(=O)(=O)N1CCOCC1. The number of benzene rings is 2. The molecule has 1 heterocycles. The van der Waals surface area contributed by atoms with Crippen molar-refractivity contribution in [2.45, 2.75) is 31.6 Å². The summed E-state index contributed by atoms with van der Waals surface area (Å²) in [5.74, 6) is 0.0916. The molecule has 0 bridgehead atoms. The highest BCUT2D eigenvalue weighted by molar-refractivity contribution is 7.89. The maximum absolute atomic E-state index is 13.0. The van der Waals surface area contributed by atoms with Gasteiger partial charge in [0.1, 0.15) is 0 Å². The van der Waals surface area contributed by atoms with Gasteiger partial charge in [0.25, 0.3) is 0 Å². The Labute approximate surface area is 178 Å². The maximum Gasteiger partial charge on any atom is 0.243 e. The first-order valence-corrected chi connectivity index (χ1v) is 11.5. The highest BCUT2D eigenvalue weighted by Crippen LogP contribution is 2.25. The smallest absolute Gasteiger partial charge is 0.243 e. The quantitative estimate of drug-likeness (QED) is 0.703. The molecular weight excluding hydrogens is 402 g/mol. The lowest BCUT2D eigenvalue weighted by atomic mass is 10.0. The van der Waals surface area contributed by atoms with E-state index >= 15 is 0 Å².